The molecule has 0 bridgehead atoms. The Kier molecular flexibility index (Phi) is 3.78. The maximum Gasteiger partial charge on any atom is 0.348 e. The van der Waals surface area contributed by atoms with E-state index in [0.717, 1.165) is 12.0 Å². The number of carboxylic acids is 1. The van der Waals surface area contributed by atoms with Gasteiger partial charge in [0.15, 0.2) is 0 Å². The molecule has 1 aliphatic heterocycles. The minimum Gasteiger partial charge on any atom is -0.478 e. The number of rotatable bonds is 4. The summed E-state index contributed by atoms with van der Waals surface area (Å²) in [6.07, 6.45) is 5.33. The lowest BCUT2D eigenvalue weighted by molar-refractivity contribution is -0.162. The van der Waals surface area contributed by atoms with Crippen molar-refractivity contribution in [1.29, 1.82) is 0 Å². The van der Waals surface area contributed by atoms with E-state index in [-0.39, 0.29) is 11.8 Å². The molecule has 1 aromatic carbocycles. The molecule has 1 amide bonds. The van der Waals surface area contributed by atoms with Crippen LogP contribution < -0.4 is 4.74 Å². The van der Waals surface area contributed by atoms with Crippen molar-refractivity contribution in [2.75, 3.05) is 13.1 Å². The Labute approximate surface area is 148 Å². The first-order valence-corrected chi connectivity index (χ1v) is 9.23. The van der Waals surface area contributed by atoms with Gasteiger partial charge in [-0.2, -0.15) is 0 Å². The fourth-order valence-electron chi connectivity index (χ4n) is 4.43. The molecule has 1 spiro atoms. The molecule has 2 aliphatic carbocycles. The molecule has 3 aliphatic rings. The largest absolute Gasteiger partial charge is 0.478 e. The molecule has 1 heterocycles. The van der Waals surface area contributed by atoms with Crippen LogP contribution in [-0.4, -0.2) is 40.6 Å². The summed E-state index contributed by atoms with van der Waals surface area (Å²) in [6, 6.07) is 7.47. The van der Waals surface area contributed by atoms with Crippen molar-refractivity contribution >= 4 is 11.9 Å². The van der Waals surface area contributed by atoms with Crippen LogP contribution in [0.2, 0.25) is 0 Å². The van der Waals surface area contributed by atoms with Gasteiger partial charge in [-0.15, -0.1) is 0 Å². The fourth-order valence-corrected chi connectivity index (χ4v) is 4.43. The van der Waals surface area contributed by atoms with Gasteiger partial charge in [-0.1, -0.05) is 24.6 Å². The number of hydrogen-bond donors (Lipinski definition) is 1. The van der Waals surface area contributed by atoms with Gasteiger partial charge in [-0.25, -0.2) is 4.79 Å². The number of aliphatic carboxylic acids is 1. The van der Waals surface area contributed by atoms with Gasteiger partial charge in [-0.05, 0) is 43.2 Å². The van der Waals surface area contributed by atoms with E-state index < -0.39 is 11.6 Å². The van der Waals surface area contributed by atoms with Gasteiger partial charge in [0.2, 0.25) is 11.5 Å². The van der Waals surface area contributed by atoms with Gasteiger partial charge in [-0.3, -0.25) is 4.79 Å². The number of amides is 1. The lowest BCUT2D eigenvalue weighted by Crippen LogP contribution is -2.54. The number of aryl methyl sites for hydroxylation is 1. The quantitative estimate of drug-likeness (QED) is 0.912. The van der Waals surface area contributed by atoms with Crippen molar-refractivity contribution < 1.29 is 19.4 Å². The maximum absolute atomic E-state index is 12.7. The third-order valence-corrected chi connectivity index (χ3v) is 6.51. The second kappa shape index (κ2) is 5.75. The Morgan fingerprint density at radius 3 is 2.36 bits per heavy atom. The highest BCUT2D eigenvalue weighted by molar-refractivity contribution is 5.84. The average Bonchev–Trinajstić information content (AvgIpc) is 3.33. The summed E-state index contributed by atoms with van der Waals surface area (Å²) in [5.41, 5.74) is 0.00275. The number of carbonyl (C=O) groups excluding carboxylic acids is 1. The van der Waals surface area contributed by atoms with Crippen molar-refractivity contribution in [2.45, 2.75) is 51.0 Å². The number of benzene rings is 1. The van der Waals surface area contributed by atoms with Crippen LogP contribution in [0.15, 0.2) is 24.3 Å². The van der Waals surface area contributed by atoms with Gasteiger partial charge in [0.05, 0.1) is 0 Å². The van der Waals surface area contributed by atoms with Crippen LogP contribution >= 0.6 is 0 Å². The summed E-state index contributed by atoms with van der Waals surface area (Å²) >= 11 is 0. The zero-order valence-corrected chi connectivity index (χ0v) is 14.7. The molecule has 1 aromatic rings. The smallest absolute Gasteiger partial charge is 0.348 e. The first kappa shape index (κ1) is 16.4. The number of piperidine rings is 1. The van der Waals surface area contributed by atoms with E-state index in [1.165, 1.54) is 19.3 Å². The van der Waals surface area contributed by atoms with E-state index in [2.05, 4.69) is 0 Å². The van der Waals surface area contributed by atoms with Gasteiger partial charge >= 0.3 is 5.97 Å². The number of para-hydroxylation sites is 1. The number of likely N-dealkylation sites (tertiary alicyclic amines) is 1. The third-order valence-electron chi connectivity index (χ3n) is 6.51. The summed E-state index contributed by atoms with van der Waals surface area (Å²) in [7, 11) is 0. The highest BCUT2D eigenvalue weighted by atomic mass is 16.5. The predicted molar refractivity (Wildman–Crippen MR) is 92.4 cm³/mol. The summed E-state index contributed by atoms with van der Waals surface area (Å²) < 4.78 is 5.98. The molecule has 0 radical (unpaired) electrons. The maximum atomic E-state index is 12.7. The summed E-state index contributed by atoms with van der Waals surface area (Å²) in [6.45, 7) is 2.84. The van der Waals surface area contributed by atoms with Crippen LogP contribution in [0.1, 0.15) is 44.1 Å². The molecular formula is C20H25NO4. The zero-order chi connectivity index (χ0) is 17.7. The van der Waals surface area contributed by atoms with Gasteiger partial charge < -0.3 is 14.7 Å². The molecule has 3 fully saturated rings. The second-order valence-corrected chi connectivity index (χ2v) is 7.96. The van der Waals surface area contributed by atoms with Gasteiger partial charge in [0.1, 0.15) is 5.75 Å². The number of nitrogens with zero attached hydrogens (tertiary/aromatic N) is 1. The summed E-state index contributed by atoms with van der Waals surface area (Å²) in [5.74, 6) is 0.0930. The normalized spacial score (nSPS) is 26.0. The van der Waals surface area contributed by atoms with Crippen LogP contribution in [0.4, 0.5) is 0 Å². The Morgan fingerprint density at radius 1 is 1.16 bits per heavy atom. The molecule has 5 heteroatoms. The predicted octanol–water partition coefficient (Wildman–Crippen LogP) is 3.01. The lowest BCUT2D eigenvalue weighted by Gasteiger charge is -2.39. The molecule has 5 nitrogen and oxygen atoms in total. The minimum atomic E-state index is -1.24. The highest BCUT2D eigenvalue weighted by Crippen LogP contribution is 2.66. The highest BCUT2D eigenvalue weighted by Gasteiger charge is 2.62. The average molecular weight is 343 g/mol. The van der Waals surface area contributed by atoms with E-state index in [9.17, 15) is 14.7 Å². The van der Waals surface area contributed by atoms with Crippen molar-refractivity contribution in [1.82, 2.24) is 4.90 Å². The molecular weight excluding hydrogens is 318 g/mol. The summed E-state index contributed by atoms with van der Waals surface area (Å²) in [4.78, 5) is 26.5. The molecule has 2 saturated carbocycles. The van der Waals surface area contributed by atoms with Crippen LogP contribution in [0, 0.1) is 18.3 Å². The summed E-state index contributed by atoms with van der Waals surface area (Å²) in [5, 5.41) is 9.79. The Bertz CT molecular complexity index is 701. The number of ether oxygens (including phenoxy) is 1. The van der Waals surface area contributed by atoms with Gasteiger partial charge in [0.25, 0.3) is 0 Å². The van der Waals surface area contributed by atoms with Crippen molar-refractivity contribution in [3.63, 3.8) is 0 Å². The van der Waals surface area contributed by atoms with Crippen LogP contribution in [0.3, 0.4) is 0 Å². The first-order valence-electron chi connectivity index (χ1n) is 9.23. The number of carboxylic acid groups (broad SMARTS) is 1. The van der Waals surface area contributed by atoms with Crippen molar-refractivity contribution in [2.24, 2.45) is 11.3 Å². The molecule has 1 atom stereocenters. The van der Waals surface area contributed by atoms with E-state index in [1.807, 2.05) is 36.1 Å². The molecule has 25 heavy (non-hydrogen) atoms. The standard InChI is InChI=1S/C20H25NO4/c1-14-5-2-3-6-16(14)25-20(18(23)24)9-11-21(12-10-20)17(22)15-13-19(15)7-4-8-19/h2-3,5-6,15H,4,7-13H2,1H3,(H,23,24). The van der Waals surface area contributed by atoms with E-state index in [4.69, 9.17) is 4.74 Å². The molecule has 1 N–H and O–H groups in total. The zero-order valence-electron chi connectivity index (χ0n) is 14.7. The third kappa shape index (κ3) is 2.70. The van der Waals surface area contributed by atoms with E-state index in [0.29, 0.717) is 37.1 Å². The molecule has 4 rings (SSSR count). The first-order chi connectivity index (χ1) is 12.0. The SMILES string of the molecule is Cc1ccccc1OC1(C(=O)O)CCN(C(=O)C2CC23CCC3)CC1. The molecule has 1 unspecified atom stereocenters. The topological polar surface area (TPSA) is 66.8 Å². The van der Waals surface area contributed by atoms with Crippen LogP contribution in [-0.2, 0) is 9.59 Å². The fraction of sp³-hybridized carbons (Fsp3) is 0.600. The molecule has 0 aromatic heterocycles. The molecule has 1 saturated heterocycles. The van der Waals surface area contributed by atoms with Crippen molar-refractivity contribution in [3.8, 4) is 5.75 Å². The number of carbonyl (C=O) groups is 2. The monoisotopic (exact) mass is 343 g/mol. The Hall–Kier alpha value is -2.04. The molecule has 134 valence electrons. The van der Waals surface area contributed by atoms with E-state index >= 15 is 0 Å². The van der Waals surface area contributed by atoms with Crippen LogP contribution in [0.5, 0.6) is 5.75 Å². The van der Waals surface area contributed by atoms with Crippen LogP contribution in [0.25, 0.3) is 0 Å². The lowest BCUT2D eigenvalue weighted by atomic mass is 9.79. The number of hydrogen-bond acceptors (Lipinski definition) is 3. The van der Waals surface area contributed by atoms with Crippen molar-refractivity contribution in [3.05, 3.63) is 29.8 Å². The minimum absolute atomic E-state index is 0.191. The van der Waals surface area contributed by atoms with Gasteiger partial charge in [0, 0.05) is 31.8 Å². The Balaban J connectivity index is 1.43. The van der Waals surface area contributed by atoms with E-state index in [1.54, 1.807) is 0 Å². The Morgan fingerprint density at radius 2 is 1.84 bits per heavy atom. The second-order valence-electron chi connectivity index (χ2n) is 7.96.